The first-order valence-corrected chi connectivity index (χ1v) is 6.10. The molecule has 8 nitrogen and oxygen atoms in total. The Morgan fingerprint density at radius 1 is 1.53 bits per heavy atom. The molecule has 2 aromatic rings. The molecule has 1 saturated carbocycles. The van der Waals surface area contributed by atoms with Crippen molar-refractivity contribution in [2.45, 2.75) is 25.8 Å². The second-order valence-electron chi connectivity index (χ2n) is 4.94. The van der Waals surface area contributed by atoms with Crippen LogP contribution in [0.5, 0.6) is 0 Å². The third kappa shape index (κ3) is 1.79. The van der Waals surface area contributed by atoms with E-state index in [0.717, 1.165) is 12.1 Å². The molecule has 1 aliphatic carbocycles. The number of nitrogens with zero attached hydrogens (tertiary/aromatic N) is 6. The lowest BCUT2D eigenvalue weighted by atomic mass is 9.69. The fourth-order valence-electron chi connectivity index (χ4n) is 2.42. The third-order valence-electron chi connectivity index (χ3n) is 3.80. The van der Waals surface area contributed by atoms with Crippen molar-refractivity contribution in [3.8, 4) is 11.5 Å². The summed E-state index contributed by atoms with van der Waals surface area (Å²) in [7, 11) is 1.80. The quantitative estimate of drug-likeness (QED) is 0.852. The molecule has 1 N–H and O–H groups in total. The van der Waals surface area contributed by atoms with E-state index in [4.69, 9.17) is 0 Å². The van der Waals surface area contributed by atoms with E-state index in [-0.39, 0.29) is 0 Å². The van der Waals surface area contributed by atoms with Crippen LogP contribution < -0.4 is 0 Å². The van der Waals surface area contributed by atoms with Crippen LogP contribution in [0.2, 0.25) is 0 Å². The molecule has 0 aromatic carbocycles. The summed E-state index contributed by atoms with van der Waals surface area (Å²) in [5.41, 5.74) is 0.0489. The van der Waals surface area contributed by atoms with Crippen molar-refractivity contribution in [1.82, 2.24) is 30.0 Å². The SMILES string of the molecule is Cn1nccc1-c1nnnn1CC1(C(=O)O)CCC1. The molecule has 1 aliphatic rings. The third-order valence-corrected chi connectivity index (χ3v) is 3.80. The van der Waals surface area contributed by atoms with Crippen molar-refractivity contribution >= 4 is 5.97 Å². The lowest BCUT2D eigenvalue weighted by Gasteiger charge is -2.37. The molecular weight excluding hydrogens is 248 g/mol. The summed E-state index contributed by atoms with van der Waals surface area (Å²) in [6.07, 6.45) is 3.94. The molecule has 0 radical (unpaired) electrons. The Balaban J connectivity index is 1.93. The van der Waals surface area contributed by atoms with Crippen LogP contribution in [0.4, 0.5) is 0 Å². The largest absolute Gasteiger partial charge is 0.481 e. The summed E-state index contributed by atoms with van der Waals surface area (Å²) in [4.78, 5) is 11.4. The number of hydrogen-bond acceptors (Lipinski definition) is 5. The lowest BCUT2D eigenvalue weighted by Crippen LogP contribution is -2.42. The van der Waals surface area contributed by atoms with Gasteiger partial charge >= 0.3 is 5.97 Å². The van der Waals surface area contributed by atoms with Gasteiger partial charge in [-0.3, -0.25) is 9.48 Å². The number of tetrazole rings is 1. The van der Waals surface area contributed by atoms with Crippen LogP contribution in [0.25, 0.3) is 11.5 Å². The molecule has 2 aromatic heterocycles. The van der Waals surface area contributed by atoms with Crippen molar-refractivity contribution in [1.29, 1.82) is 0 Å². The minimum absolute atomic E-state index is 0.301. The number of aromatic nitrogens is 6. The summed E-state index contributed by atoms with van der Waals surface area (Å²) in [6.45, 7) is 0.301. The van der Waals surface area contributed by atoms with Gasteiger partial charge in [-0.25, -0.2) is 4.68 Å². The number of aliphatic carboxylic acids is 1. The molecule has 0 saturated heterocycles. The van der Waals surface area contributed by atoms with E-state index in [1.54, 1.807) is 28.7 Å². The average Bonchev–Trinajstić information content (AvgIpc) is 2.91. The molecule has 100 valence electrons. The monoisotopic (exact) mass is 262 g/mol. The molecule has 8 heteroatoms. The van der Waals surface area contributed by atoms with Crippen molar-refractivity contribution in [2.24, 2.45) is 12.5 Å². The highest BCUT2D eigenvalue weighted by molar-refractivity contribution is 5.75. The maximum atomic E-state index is 11.4. The minimum atomic E-state index is -0.773. The Kier molecular flexibility index (Phi) is 2.58. The predicted molar refractivity (Wildman–Crippen MR) is 63.9 cm³/mol. The number of hydrogen-bond donors (Lipinski definition) is 1. The summed E-state index contributed by atoms with van der Waals surface area (Å²) >= 11 is 0. The van der Waals surface area contributed by atoms with Crippen molar-refractivity contribution in [3.63, 3.8) is 0 Å². The smallest absolute Gasteiger partial charge is 0.311 e. The maximum Gasteiger partial charge on any atom is 0.311 e. The number of carbonyl (C=O) groups is 1. The fraction of sp³-hybridized carbons (Fsp3) is 0.545. The number of carboxylic acids is 1. The summed E-state index contributed by atoms with van der Waals surface area (Å²) in [5.74, 6) is -0.224. The van der Waals surface area contributed by atoms with Gasteiger partial charge in [-0.05, 0) is 29.3 Å². The first-order valence-electron chi connectivity index (χ1n) is 6.10. The van der Waals surface area contributed by atoms with Crippen molar-refractivity contribution < 1.29 is 9.90 Å². The highest BCUT2D eigenvalue weighted by atomic mass is 16.4. The Morgan fingerprint density at radius 2 is 2.32 bits per heavy atom. The van der Waals surface area contributed by atoms with Crippen LogP contribution in [0.3, 0.4) is 0 Å². The Bertz CT molecular complexity index is 612. The first-order chi connectivity index (χ1) is 9.12. The highest BCUT2D eigenvalue weighted by Crippen LogP contribution is 2.42. The van der Waals surface area contributed by atoms with Gasteiger partial charge < -0.3 is 5.11 Å². The van der Waals surface area contributed by atoms with Gasteiger partial charge in [-0.2, -0.15) is 5.10 Å². The van der Waals surface area contributed by atoms with Gasteiger partial charge in [0.2, 0.25) is 0 Å². The molecule has 0 bridgehead atoms. The summed E-state index contributed by atoms with van der Waals surface area (Å²) in [6, 6.07) is 1.80. The zero-order chi connectivity index (χ0) is 13.5. The molecular formula is C11H14N6O2. The molecule has 0 aliphatic heterocycles. The topological polar surface area (TPSA) is 98.7 Å². The predicted octanol–water partition coefficient (Wildman–Crippen LogP) is 0.328. The van der Waals surface area contributed by atoms with Crippen LogP contribution in [0, 0.1) is 5.41 Å². The van der Waals surface area contributed by atoms with Crippen LogP contribution in [-0.2, 0) is 18.4 Å². The van der Waals surface area contributed by atoms with Crippen LogP contribution in [0.15, 0.2) is 12.3 Å². The molecule has 3 rings (SSSR count). The van der Waals surface area contributed by atoms with Crippen molar-refractivity contribution in [2.75, 3.05) is 0 Å². The molecule has 0 unspecified atom stereocenters. The molecule has 19 heavy (non-hydrogen) atoms. The van der Waals surface area contributed by atoms with E-state index < -0.39 is 11.4 Å². The van der Waals surface area contributed by atoms with Gasteiger partial charge in [0, 0.05) is 13.2 Å². The summed E-state index contributed by atoms with van der Waals surface area (Å²) in [5, 5.41) is 25.0. The second-order valence-corrected chi connectivity index (χ2v) is 4.94. The second kappa shape index (κ2) is 4.15. The molecule has 0 amide bonds. The van der Waals surface area contributed by atoms with E-state index in [1.807, 2.05) is 0 Å². The van der Waals surface area contributed by atoms with Crippen LogP contribution in [-0.4, -0.2) is 41.1 Å². The number of aryl methyl sites for hydroxylation is 1. The lowest BCUT2D eigenvalue weighted by molar-refractivity contribution is -0.156. The molecule has 0 spiro atoms. The van der Waals surface area contributed by atoms with Crippen LogP contribution in [0.1, 0.15) is 19.3 Å². The normalized spacial score (nSPS) is 17.1. The maximum absolute atomic E-state index is 11.4. The Morgan fingerprint density at radius 3 is 2.84 bits per heavy atom. The zero-order valence-electron chi connectivity index (χ0n) is 10.5. The Labute approximate surface area is 109 Å². The van der Waals surface area contributed by atoms with E-state index in [2.05, 4.69) is 20.6 Å². The van der Waals surface area contributed by atoms with Gasteiger partial charge in [0.15, 0.2) is 5.82 Å². The Hall–Kier alpha value is -2.25. The van der Waals surface area contributed by atoms with Gasteiger partial charge in [0.1, 0.15) is 5.69 Å². The minimum Gasteiger partial charge on any atom is -0.481 e. The van der Waals surface area contributed by atoms with E-state index >= 15 is 0 Å². The van der Waals surface area contributed by atoms with E-state index in [0.29, 0.717) is 25.2 Å². The van der Waals surface area contributed by atoms with E-state index in [9.17, 15) is 9.90 Å². The van der Waals surface area contributed by atoms with Gasteiger partial charge in [0.05, 0.1) is 12.0 Å². The van der Waals surface area contributed by atoms with Crippen LogP contribution >= 0.6 is 0 Å². The number of rotatable bonds is 4. The summed E-state index contributed by atoms with van der Waals surface area (Å²) < 4.78 is 3.22. The van der Waals surface area contributed by atoms with Gasteiger partial charge in [0.25, 0.3) is 0 Å². The fourth-order valence-corrected chi connectivity index (χ4v) is 2.42. The van der Waals surface area contributed by atoms with Gasteiger partial charge in [-0.15, -0.1) is 5.10 Å². The standard InChI is InChI=1S/C11H14N6O2/c1-16-8(3-6-12-16)9-13-14-15-17(9)7-11(10(18)19)4-2-5-11/h3,6H,2,4-5,7H2,1H3,(H,18,19). The first kappa shape index (κ1) is 11.8. The number of carboxylic acid groups (broad SMARTS) is 1. The molecule has 1 fully saturated rings. The molecule has 2 heterocycles. The molecule has 0 atom stereocenters. The van der Waals surface area contributed by atoms with Crippen molar-refractivity contribution in [3.05, 3.63) is 12.3 Å². The highest BCUT2D eigenvalue weighted by Gasteiger charge is 2.45. The van der Waals surface area contributed by atoms with E-state index in [1.165, 1.54) is 0 Å². The average molecular weight is 262 g/mol. The zero-order valence-corrected chi connectivity index (χ0v) is 10.5. The van der Waals surface area contributed by atoms with Gasteiger partial charge in [-0.1, -0.05) is 6.42 Å².